The van der Waals surface area contributed by atoms with Gasteiger partial charge in [-0.05, 0) is 31.9 Å². The van der Waals surface area contributed by atoms with Crippen LogP contribution in [0.2, 0.25) is 0 Å². The maximum absolute atomic E-state index is 12.1. The lowest BCUT2D eigenvalue weighted by atomic mass is 10.1. The highest BCUT2D eigenvalue weighted by Gasteiger charge is 2.21. The number of aromatic nitrogens is 1. The molecule has 0 atom stereocenters. The summed E-state index contributed by atoms with van der Waals surface area (Å²) in [6.45, 7) is 8.14. The number of rotatable bonds is 4. The first kappa shape index (κ1) is 14.0. The van der Waals surface area contributed by atoms with Crippen molar-refractivity contribution in [2.75, 3.05) is 26.2 Å². The lowest BCUT2D eigenvalue weighted by Crippen LogP contribution is -2.50. The van der Waals surface area contributed by atoms with Crippen LogP contribution in [0.3, 0.4) is 0 Å². The first-order chi connectivity index (χ1) is 9.16. The quantitative estimate of drug-likeness (QED) is 0.825. The molecule has 1 amide bonds. The molecule has 0 aromatic carbocycles. The fourth-order valence-corrected chi connectivity index (χ4v) is 2.44. The second-order valence-corrected chi connectivity index (χ2v) is 5.37. The van der Waals surface area contributed by atoms with E-state index in [-0.39, 0.29) is 5.91 Å². The molecule has 2 heterocycles. The zero-order valence-electron chi connectivity index (χ0n) is 11.9. The number of amides is 1. The number of hydrogen-bond donors (Lipinski definition) is 0. The highest BCUT2D eigenvalue weighted by atomic mass is 16.2. The van der Waals surface area contributed by atoms with E-state index in [1.54, 1.807) is 6.20 Å². The van der Waals surface area contributed by atoms with Crippen molar-refractivity contribution in [1.29, 1.82) is 0 Å². The molecule has 1 saturated heterocycles. The van der Waals surface area contributed by atoms with Gasteiger partial charge in [-0.3, -0.25) is 14.7 Å². The monoisotopic (exact) mass is 261 g/mol. The van der Waals surface area contributed by atoms with Gasteiger partial charge < -0.3 is 4.90 Å². The van der Waals surface area contributed by atoms with Gasteiger partial charge in [0.2, 0.25) is 5.91 Å². The largest absolute Gasteiger partial charge is 0.340 e. The van der Waals surface area contributed by atoms with Gasteiger partial charge in [0.1, 0.15) is 0 Å². The molecule has 1 aliphatic heterocycles. The molecule has 0 aliphatic carbocycles. The van der Waals surface area contributed by atoms with Crippen LogP contribution in [0, 0.1) is 0 Å². The van der Waals surface area contributed by atoms with E-state index in [4.69, 9.17) is 0 Å². The van der Waals surface area contributed by atoms with Crippen LogP contribution in [0.15, 0.2) is 24.5 Å². The van der Waals surface area contributed by atoms with E-state index < -0.39 is 0 Å². The van der Waals surface area contributed by atoms with Crippen molar-refractivity contribution in [2.24, 2.45) is 0 Å². The van der Waals surface area contributed by atoms with Gasteiger partial charge >= 0.3 is 0 Å². The van der Waals surface area contributed by atoms with Gasteiger partial charge in [0.15, 0.2) is 0 Å². The number of piperazine rings is 1. The number of carbonyl (C=O) groups is 1. The Balaban J connectivity index is 1.76. The number of nitrogens with zero attached hydrogens (tertiary/aromatic N) is 3. The van der Waals surface area contributed by atoms with Crippen molar-refractivity contribution < 1.29 is 4.79 Å². The van der Waals surface area contributed by atoms with Crippen LogP contribution in [0.5, 0.6) is 0 Å². The van der Waals surface area contributed by atoms with E-state index in [1.807, 2.05) is 23.2 Å². The lowest BCUT2D eigenvalue weighted by molar-refractivity contribution is -0.133. The Hall–Kier alpha value is -1.42. The summed E-state index contributed by atoms with van der Waals surface area (Å²) in [6, 6.07) is 4.52. The van der Waals surface area contributed by atoms with Gasteiger partial charge in [0.25, 0.3) is 0 Å². The van der Waals surface area contributed by atoms with E-state index in [2.05, 4.69) is 23.7 Å². The highest BCUT2D eigenvalue weighted by Crippen LogP contribution is 2.09. The summed E-state index contributed by atoms with van der Waals surface area (Å²) in [6.07, 6.45) is 4.98. The first-order valence-corrected chi connectivity index (χ1v) is 7.07. The maximum Gasteiger partial charge on any atom is 0.222 e. The van der Waals surface area contributed by atoms with E-state index in [9.17, 15) is 4.79 Å². The normalized spacial score (nSPS) is 16.9. The molecule has 104 valence electrons. The summed E-state index contributed by atoms with van der Waals surface area (Å²) >= 11 is 0. The highest BCUT2D eigenvalue weighted by molar-refractivity contribution is 5.76. The molecule has 4 nitrogen and oxygen atoms in total. The Morgan fingerprint density at radius 2 is 2.05 bits per heavy atom. The third-order valence-corrected chi connectivity index (χ3v) is 3.75. The van der Waals surface area contributed by atoms with Crippen molar-refractivity contribution in [3.8, 4) is 0 Å². The minimum Gasteiger partial charge on any atom is -0.340 e. The first-order valence-electron chi connectivity index (χ1n) is 7.07. The van der Waals surface area contributed by atoms with Crippen molar-refractivity contribution in [1.82, 2.24) is 14.8 Å². The zero-order chi connectivity index (χ0) is 13.7. The summed E-state index contributed by atoms with van der Waals surface area (Å²) in [5.74, 6) is 0.271. The molecule has 1 fully saturated rings. The summed E-state index contributed by atoms with van der Waals surface area (Å²) in [5.41, 5.74) is 1.14. The second kappa shape index (κ2) is 6.66. The molecule has 19 heavy (non-hydrogen) atoms. The Morgan fingerprint density at radius 3 is 2.63 bits per heavy atom. The van der Waals surface area contributed by atoms with Crippen molar-refractivity contribution in [3.63, 3.8) is 0 Å². The summed E-state index contributed by atoms with van der Waals surface area (Å²) < 4.78 is 0. The van der Waals surface area contributed by atoms with E-state index in [1.165, 1.54) is 0 Å². The summed E-state index contributed by atoms with van der Waals surface area (Å²) in [5, 5.41) is 0. The van der Waals surface area contributed by atoms with Crippen LogP contribution >= 0.6 is 0 Å². The summed E-state index contributed by atoms with van der Waals surface area (Å²) in [7, 11) is 0. The van der Waals surface area contributed by atoms with Crippen LogP contribution in [-0.4, -0.2) is 52.9 Å². The average molecular weight is 261 g/mol. The molecule has 1 aromatic rings. The molecule has 1 aliphatic rings. The smallest absolute Gasteiger partial charge is 0.222 e. The third-order valence-electron chi connectivity index (χ3n) is 3.75. The molecule has 0 bridgehead atoms. The minimum absolute atomic E-state index is 0.271. The molecule has 0 spiro atoms. The second-order valence-electron chi connectivity index (χ2n) is 5.37. The Kier molecular flexibility index (Phi) is 4.91. The van der Waals surface area contributed by atoms with Gasteiger partial charge in [0.05, 0.1) is 0 Å². The van der Waals surface area contributed by atoms with Gasteiger partial charge in [0, 0.05) is 51.0 Å². The number of aryl methyl sites for hydroxylation is 1. The van der Waals surface area contributed by atoms with Crippen LogP contribution in [0.1, 0.15) is 25.8 Å². The molecular formula is C15H23N3O. The SMILES string of the molecule is CC(C)N1CCN(C(=O)CCc2cccnc2)CC1. The van der Waals surface area contributed by atoms with Crippen molar-refractivity contribution in [2.45, 2.75) is 32.7 Å². The molecule has 2 rings (SSSR count). The Morgan fingerprint density at radius 1 is 1.32 bits per heavy atom. The fourth-order valence-electron chi connectivity index (χ4n) is 2.44. The van der Waals surface area contributed by atoms with Gasteiger partial charge in [-0.1, -0.05) is 6.07 Å². The molecule has 1 aromatic heterocycles. The fraction of sp³-hybridized carbons (Fsp3) is 0.600. The molecule has 0 unspecified atom stereocenters. The van der Waals surface area contributed by atoms with Crippen LogP contribution in [-0.2, 0) is 11.2 Å². The molecular weight excluding hydrogens is 238 g/mol. The maximum atomic E-state index is 12.1. The molecule has 0 saturated carbocycles. The zero-order valence-corrected chi connectivity index (χ0v) is 11.9. The predicted molar refractivity (Wildman–Crippen MR) is 75.8 cm³/mol. The Labute approximate surface area is 115 Å². The van der Waals surface area contributed by atoms with Crippen molar-refractivity contribution >= 4 is 5.91 Å². The van der Waals surface area contributed by atoms with Crippen LogP contribution < -0.4 is 0 Å². The lowest BCUT2D eigenvalue weighted by Gasteiger charge is -2.37. The van der Waals surface area contributed by atoms with E-state index in [0.29, 0.717) is 12.5 Å². The molecule has 0 radical (unpaired) electrons. The van der Waals surface area contributed by atoms with E-state index >= 15 is 0 Å². The number of carbonyl (C=O) groups excluding carboxylic acids is 1. The van der Waals surface area contributed by atoms with Crippen molar-refractivity contribution in [3.05, 3.63) is 30.1 Å². The summed E-state index contributed by atoms with van der Waals surface area (Å²) in [4.78, 5) is 20.6. The van der Waals surface area contributed by atoms with Crippen LogP contribution in [0.25, 0.3) is 0 Å². The van der Waals surface area contributed by atoms with Gasteiger partial charge in [-0.25, -0.2) is 0 Å². The minimum atomic E-state index is 0.271. The standard InChI is InChI=1S/C15H23N3O/c1-13(2)17-8-10-18(11-9-17)15(19)6-5-14-4-3-7-16-12-14/h3-4,7,12-13H,5-6,8-11H2,1-2H3. The van der Waals surface area contributed by atoms with E-state index in [0.717, 1.165) is 38.2 Å². The van der Waals surface area contributed by atoms with Crippen LogP contribution in [0.4, 0.5) is 0 Å². The third kappa shape index (κ3) is 4.03. The predicted octanol–water partition coefficient (Wildman–Crippen LogP) is 1.57. The van der Waals surface area contributed by atoms with Gasteiger partial charge in [-0.15, -0.1) is 0 Å². The molecule has 0 N–H and O–H groups in total. The number of hydrogen-bond acceptors (Lipinski definition) is 3. The number of pyridine rings is 1. The Bertz CT molecular complexity index is 397. The van der Waals surface area contributed by atoms with Gasteiger partial charge in [-0.2, -0.15) is 0 Å². The topological polar surface area (TPSA) is 36.4 Å². The molecule has 4 heteroatoms. The average Bonchev–Trinajstić information content (AvgIpc) is 2.46.